The molecule has 2 heterocycles. The minimum Gasteiger partial charge on any atom is -0.258 e. The Morgan fingerprint density at radius 1 is 1.22 bits per heavy atom. The molecule has 0 spiro atoms. The van der Waals surface area contributed by atoms with Crippen molar-refractivity contribution in [3.63, 3.8) is 0 Å². The first-order chi connectivity index (χ1) is 8.74. The molecule has 0 bridgehead atoms. The summed E-state index contributed by atoms with van der Waals surface area (Å²) < 4.78 is 0.918. The van der Waals surface area contributed by atoms with E-state index in [2.05, 4.69) is 9.97 Å². The number of rotatable bonds is 2. The summed E-state index contributed by atoms with van der Waals surface area (Å²) in [7, 11) is 0. The Morgan fingerprint density at radius 2 is 2.11 bits per heavy atom. The molecule has 0 aliphatic carbocycles. The van der Waals surface area contributed by atoms with Gasteiger partial charge >= 0.3 is 0 Å². The van der Waals surface area contributed by atoms with Crippen molar-refractivity contribution in [3.05, 3.63) is 52.7 Å². The second-order valence-corrected chi connectivity index (χ2v) is 4.67. The van der Waals surface area contributed by atoms with E-state index in [1.54, 1.807) is 12.3 Å². The lowest BCUT2D eigenvalue weighted by Crippen LogP contribution is -1.86. The van der Waals surface area contributed by atoms with Crippen molar-refractivity contribution in [2.45, 2.75) is 0 Å². The van der Waals surface area contributed by atoms with Gasteiger partial charge in [-0.05, 0) is 18.2 Å². The molecule has 0 unspecified atom stereocenters. The molecule has 3 rings (SSSR count). The summed E-state index contributed by atoms with van der Waals surface area (Å²) in [6.45, 7) is 0. The number of benzene rings is 1. The number of nitrogens with zero attached hydrogens (tertiary/aromatic N) is 3. The van der Waals surface area contributed by atoms with Gasteiger partial charge in [-0.15, -0.1) is 11.3 Å². The number of aromatic nitrogens is 2. The van der Waals surface area contributed by atoms with Crippen LogP contribution >= 0.6 is 11.3 Å². The van der Waals surface area contributed by atoms with Gasteiger partial charge in [0.2, 0.25) is 0 Å². The SMILES string of the molecule is O=[N+]([O-])c1ccc2sc(-c3ccccn3)nc2c1. The van der Waals surface area contributed by atoms with Crippen LogP contribution in [0.25, 0.3) is 20.9 Å². The molecule has 0 N–H and O–H groups in total. The van der Waals surface area contributed by atoms with Gasteiger partial charge in [0, 0.05) is 18.3 Å². The number of thiazole rings is 1. The molecule has 0 saturated carbocycles. The lowest BCUT2D eigenvalue weighted by molar-refractivity contribution is -0.384. The molecule has 0 fully saturated rings. The highest BCUT2D eigenvalue weighted by atomic mass is 32.1. The van der Waals surface area contributed by atoms with Gasteiger partial charge in [0.05, 0.1) is 20.8 Å². The number of hydrogen-bond acceptors (Lipinski definition) is 5. The molecule has 18 heavy (non-hydrogen) atoms. The second-order valence-electron chi connectivity index (χ2n) is 3.64. The van der Waals surface area contributed by atoms with E-state index in [9.17, 15) is 10.1 Å². The van der Waals surface area contributed by atoms with Crippen LogP contribution in [0.3, 0.4) is 0 Å². The van der Waals surface area contributed by atoms with Gasteiger partial charge in [0.1, 0.15) is 5.01 Å². The highest BCUT2D eigenvalue weighted by Crippen LogP contribution is 2.30. The van der Waals surface area contributed by atoms with E-state index in [4.69, 9.17) is 0 Å². The molecule has 5 nitrogen and oxygen atoms in total. The Hall–Kier alpha value is -2.34. The Labute approximate surface area is 106 Å². The monoisotopic (exact) mass is 257 g/mol. The lowest BCUT2D eigenvalue weighted by atomic mass is 10.3. The smallest absolute Gasteiger partial charge is 0.258 e. The molecule has 0 aliphatic rings. The van der Waals surface area contributed by atoms with Crippen LogP contribution in [0.2, 0.25) is 0 Å². The Morgan fingerprint density at radius 3 is 2.83 bits per heavy atom. The fourth-order valence-electron chi connectivity index (χ4n) is 1.63. The number of non-ortho nitro benzene ring substituents is 1. The van der Waals surface area contributed by atoms with Gasteiger partial charge in [0.25, 0.3) is 5.69 Å². The van der Waals surface area contributed by atoms with Crippen molar-refractivity contribution in [1.82, 2.24) is 9.97 Å². The summed E-state index contributed by atoms with van der Waals surface area (Å²) in [6.07, 6.45) is 1.70. The normalized spacial score (nSPS) is 10.7. The largest absolute Gasteiger partial charge is 0.271 e. The van der Waals surface area contributed by atoms with Crippen molar-refractivity contribution < 1.29 is 4.92 Å². The molecular weight excluding hydrogens is 250 g/mol. The van der Waals surface area contributed by atoms with Crippen molar-refractivity contribution in [2.24, 2.45) is 0 Å². The quantitative estimate of drug-likeness (QED) is 0.522. The fraction of sp³-hybridized carbons (Fsp3) is 0. The van der Waals surface area contributed by atoms with Crippen LogP contribution in [-0.4, -0.2) is 14.9 Å². The lowest BCUT2D eigenvalue weighted by Gasteiger charge is -1.91. The summed E-state index contributed by atoms with van der Waals surface area (Å²) >= 11 is 1.47. The predicted molar refractivity (Wildman–Crippen MR) is 69.5 cm³/mol. The average Bonchev–Trinajstić information content (AvgIpc) is 2.82. The van der Waals surface area contributed by atoms with Crippen LogP contribution in [0, 0.1) is 10.1 Å². The van der Waals surface area contributed by atoms with Crippen LogP contribution < -0.4 is 0 Å². The van der Waals surface area contributed by atoms with Crippen LogP contribution in [0.5, 0.6) is 0 Å². The summed E-state index contributed by atoms with van der Waals surface area (Å²) in [6, 6.07) is 10.3. The van der Waals surface area contributed by atoms with Crippen molar-refractivity contribution in [1.29, 1.82) is 0 Å². The number of hydrogen-bond donors (Lipinski definition) is 0. The highest BCUT2D eigenvalue weighted by molar-refractivity contribution is 7.21. The topological polar surface area (TPSA) is 68.9 Å². The molecule has 0 radical (unpaired) electrons. The molecule has 1 aromatic carbocycles. The van der Waals surface area contributed by atoms with Crippen molar-refractivity contribution >= 4 is 27.2 Å². The third-order valence-electron chi connectivity index (χ3n) is 2.47. The first-order valence-corrected chi connectivity index (χ1v) is 6.02. The van der Waals surface area contributed by atoms with E-state index >= 15 is 0 Å². The van der Waals surface area contributed by atoms with E-state index in [1.165, 1.54) is 23.5 Å². The molecule has 0 aliphatic heterocycles. The average molecular weight is 257 g/mol. The van der Waals surface area contributed by atoms with Crippen LogP contribution in [0.15, 0.2) is 42.6 Å². The van der Waals surface area contributed by atoms with E-state index in [0.717, 1.165) is 15.4 Å². The van der Waals surface area contributed by atoms with E-state index in [0.29, 0.717) is 5.52 Å². The summed E-state index contributed by atoms with van der Waals surface area (Å²) in [4.78, 5) is 18.9. The maximum absolute atomic E-state index is 10.7. The Kier molecular flexibility index (Phi) is 2.49. The maximum Gasteiger partial charge on any atom is 0.271 e. The highest BCUT2D eigenvalue weighted by Gasteiger charge is 2.11. The third kappa shape index (κ3) is 1.82. The van der Waals surface area contributed by atoms with E-state index in [1.807, 2.05) is 18.2 Å². The van der Waals surface area contributed by atoms with Crippen molar-refractivity contribution in [2.75, 3.05) is 0 Å². The van der Waals surface area contributed by atoms with E-state index < -0.39 is 4.92 Å². The zero-order valence-electron chi connectivity index (χ0n) is 9.11. The number of pyridine rings is 1. The Balaban J connectivity index is 2.14. The van der Waals surface area contributed by atoms with Gasteiger partial charge < -0.3 is 0 Å². The second kappa shape index (κ2) is 4.15. The Bertz CT molecular complexity index is 725. The summed E-state index contributed by atoms with van der Waals surface area (Å²) in [5.41, 5.74) is 1.47. The van der Waals surface area contributed by atoms with Crippen molar-refractivity contribution in [3.8, 4) is 10.7 Å². The van der Waals surface area contributed by atoms with Crippen LogP contribution in [-0.2, 0) is 0 Å². The predicted octanol–water partition coefficient (Wildman–Crippen LogP) is 3.27. The van der Waals surface area contributed by atoms with Gasteiger partial charge in [0.15, 0.2) is 0 Å². The van der Waals surface area contributed by atoms with Gasteiger partial charge in [-0.25, -0.2) is 4.98 Å². The molecule has 6 heteroatoms. The maximum atomic E-state index is 10.7. The molecule has 88 valence electrons. The first kappa shape index (κ1) is 10.8. The molecule has 3 aromatic rings. The standard InChI is InChI=1S/C12H7N3O2S/c16-15(17)8-4-5-11-10(7-8)14-12(18-11)9-3-1-2-6-13-9/h1-7H. The molecule has 0 atom stereocenters. The number of nitro groups is 1. The number of nitro benzene ring substituents is 1. The zero-order chi connectivity index (χ0) is 12.5. The number of fused-ring (bicyclic) bond motifs is 1. The molecule has 2 aromatic heterocycles. The van der Waals surface area contributed by atoms with Gasteiger partial charge in [-0.1, -0.05) is 6.07 Å². The van der Waals surface area contributed by atoms with Gasteiger partial charge in [-0.2, -0.15) is 0 Å². The summed E-state index contributed by atoms with van der Waals surface area (Å²) in [5, 5.41) is 11.5. The molecular formula is C12H7N3O2S. The van der Waals surface area contributed by atoms with Crippen LogP contribution in [0.4, 0.5) is 5.69 Å². The minimum atomic E-state index is -0.417. The van der Waals surface area contributed by atoms with E-state index in [-0.39, 0.29) is 5.69 Å². The fourth-order valence-corrected chi connectivity index (χ4v) is 2.55. The zero-order valence-corrected chi connectivity index (χ0v) is 9.92. The van der Waals surface area contributed by atoms with Crippen LogP contribution in [0.1, 0.15) is 0 Å². The molecule has 0 saturated heterocycles. The first-order valence-electron chi connectivity index (χ1n) is 5.20. The minimum absolute atomic E-state index is 0.0559. The molecule has 0 amide bonds. The van der Waals surface area contributed by atoms with Gasteiger partial charge in [-0.3, -0.25) is 15.1 Å². The third-order valence-corrected chi connectivity index (χ3v) is 3.52. The summed E-state index contributed by atoms with van der Waals surface area (Å²) in [5.74, 6) is 0.